The van der Waals surface area contributed by atoms with Crippen LogP contribution in [0.5, 0.6) is 0 Å². The zero-order chi connectivity index (χ0) is 39.2. The van der Waals surface area contributed by atoms with E-state index in [1.807, 2.05) is 12.2 Å². The minimum Gasteiger partial charge on any atom is -0.511 e. The highest BCUT2D eigenvalue weighted by atomic mass is 19.2. The number of halogens is 15. The standard InChI is InChI=1S/C26H14BF15O3.C7H8/c1-2-3-4-5-6(8-11(28)17(34)23(40)18(35)12(8)29)7(9-13(30)19(36)24(41)20(37)14(9)31)26(45-27(43)44)10-15(32)21(38)25(42)22(39)16(10)33;1-2-4-6-7-5-3-1/h6,43-44H,2-5H2,1H3;1-6H,7H2/b26-7-;. The summed E-state index contributed by atoms with van der Waals surface area (Å²) in [7, 11) is -3.53. The Kier molecular flexibility index (Phi) is 14.2. The van der Waals surface area contributed by atoms with Crippen molar-refractivity contribution in [2.75, 3.05) is 0 Å². The summed E-state index contributed by atoms with van der Waals surface area (Å²) in [5.74, 6) is -48.8. The molecule has 0 bridgehead atoms. The average Bonchev–Trinajstić information content (AvgIpc) is 3.44. The van der Waals surface area contributed by atoms with Crippen LogP contribution >= 0.6 is 0 Å². The van der Waals surface area contributed by atoms with Crippen molar-refractivity contribution < 1.29 is 80.6 Å². The van der Waals surface area contributed by atoms with Gasteiger partial charge in [-0.3, -0.25) is 0 Å². The fourth-order valence-corrected chi connectivity index (χ4v) is 4.93. The van der Waals surface area contributed by atoms with Gasteiger partial charge in [0.05, 0.1) is 11.1 Å². The second-order valence-electron chi connectivity index (χ2n) is 10.6. The predicted octanol–water partition coefficient (Wildman–Crippen LogP) is 10.1. The molecule has 19 heteroatoms. The first kappa shape index (κ1) is 41.8. The molecule has 0 radical (unpaired) electrons. The van der Waals surface area contributed by atoms with Gasteiger partial charge in [-0.1, -0.05) is 62.6 Å². The molecule has 280 valence electrons. The van der Waals surface area contributed by atoms with Gasteiger partial charge < -0.3 is 14.7 Å². The Morgan fingerprint density at radius 2 is 0.904 bits per heavy atom. The summed E-state index contributed by atoms with van der Waals surface area (Å²) in [6.45, 7) is 1.46. The molecule has 0 saturated carbocycles. The van der Waals surface area contributed by atoms with Gasteiger partial charge in [-0.2, -0.15) is 0 Å². The van der Waals surface area contributed by atoms with Crippen LogP contribution in [0.1, 0.15) is 61.6 Å². The molecule has 52 heavy (non-hydrogen) atoms. The summed E-state index contributed by atoms with van der Waals surface area (Å²) < 4.78 is 222. The maximum Gasteiger partial charge on any atom is 0.707 e. The SMILES string of the molecule is C1=CC=CCC=C1.CCCCCC(/C(=C(/OB(O)O)c1c(F)c(F)c(F)c(F)c1F)c1c(F)c(F)c(F)c(F)c1F)c1c(F)c(F)c(F)c(F)c1F. The highest BCUT2D eigenvalue weighted by molar-refractivity contribution is 6.34. The summed E-state index contributed by atoms with van der Waals surface area (Å²) in [5.41, 5.74) is -9.36. The van der Waals surface area contributed by atoms with Crippen LogP contribution in [0.3, 0.4) is 0 Å². The molecule has 3 nitrogen and oxygen atoms in total. The number of allylic oxidation sites excluding steroid dienone is 7. The summed E-state index contributed by atoms with van der Waals surface area (Å²) in [4.78, 5) is 0. The predicted molar refractivity (Wildman–Crippen MR) is 156 cm³/mol. The third-order valence-corrected chi connectivity index (χ3v) is 7.30. The van der Waals surface area contributed by atoms with Crippen LogP contribution in [0, 0.1) is 87.3 Å². The van der Waals surface area contributed by atoms with E-state index >= 15 is 26.3 Å². The van der Waals surface area contributed by atoms with E-state index in [0.717, 1.165) is 6.42 Å². The first-order chi connectivity index (χ1) is 24.4. The topological polar surface area (TPSA) is 49.7 Å². The third kappa shape index (κ3) is 8.35. The molecule has 4 rings (SSSR count). The molecule has 0 aliphatic heterocycles. The number of unbranched alkanes of at least 4 members (excludes halogenated alkanes) is 2. The van der Waals surface area contributed by atoms with Crippen LogP contribution in [0.4, 0.5) is 65.9 Å². The Bertz CT molecular complexity index is 1860. The van der Waals surface area contributed by atoms with Crippen LogP contribution in [0.2, 0.25) is 0 Å². The van der Waals surface area contributed by atoms with Gasteiger partial charge in [0, 0.05) is 17.1 Å². The number of rotatable bonds is 10. The van der Waals surface area contributed by atoms with E-state index in [1.165, 1.54) is 6.92 Å². The molecule has 0 amide bonds. The molecule has 2 N–H and O–H groups in total. The van der Waals surface area contributed by atoms with E-state index in [2.05, 4.69) is 29.0 Å². The monoisotopic (exact) mass is 762 g/mol. The molecule has 3 aromatic rings. The van der Waals surface area contributed by atoms with Crippen LogP contribution in [-0.2, 0) is 4.65 Å². The summed E-state index contributed by atoms with van der Waals surface area (Å²) in [6, 6.07) is 0. The minimum absolute atomic E-state index is 0.0857. The fraction of sp³-hybridized carbons (Fsp3) is 0.212. The lowest BCUT2D eigenvalue weighted by atomic mass is 9.79. The van der Waals surface area contributed by atoms with Crippen molar-refractivity contribution in [3.63, 3.8) is 0 Å². The minimum atomic E-state index is -3.53. The molecule has 0 fully saturated rings. The fourth-order valence-electron chi connectivity index (χ4n) is 4.93. The first-order valence-electron chi connectivity index (χ1n) is 14.7. The lowest BCUT2D eigenvalue weighted by molar-refractivity contribution is 0.267. The highest BCUT2D eigenvalue weighted by Crippen LogP contribution is 2.48. The lowest BCUT2D eigenvalue weighted by Gasteiger charge is -2.27. The van der Waals surface area contributed by atoms with Gasteiger partial charge in [0.2, 0.25) is 17.5 Å². The molecular weight excluding hydrogens is 740 g/mol. The molecule has 1 atom stereocenters. The normalized spacial score (nSPS) is 13.4. The maximum atomic E-state index is 15.3. The number of hydrogen-bond donors (Lipinski definition) is 2. The zero-order valence-corrected chi connectivity index (χ0v) is 26.1. The van der Waals surface area contributed by atoms with E-state index in [0.29, 0.717) is 0 Å². The van der Waals surface area contributed by atoms with Crippen molar-refractivity contribution in [1.82, 2.24) is 0 Å². The van der Waals surface area contributed by atoms with Gasteiger partial charge >= 0.3 is 7.32 Å². The second kappa shape index (κ2) is 17.7. The first-order valence-corrected chi connectivity index (χ1v) is 14.7. The van der Waals surface area contributed by atoms with E-state index in [4.69, 9.17) is 0 Å². The Balaban J connectivity index is 0.000000927. The molecule has 0 aromatic heterocycles. The average molecular weight is 762 g/mol. The van der Waals surface area contributed by atoms with Gasteiger partial charge in [0.25, 0.3) is 0 Å². The van der Waals surface area contributed by atoms with E-state index in [-0.39, 0.29) is 12.8 Å². The van der Waals surface area contributed by atoms with Gasteiger partial charge in [0.1, 0.15) is 5.76 Å². The lowest BCUT2D eigenvalue weighted by Crippen LogP contribution is -2.23. The quantitative estimate of drug-likeness (QED) is 0.0412. The van der Waals surface area contributed by atoms with Crippen molar-refractivity contribution in [1.29, 1.82) is 0 Å². The Hall–Kier alpha value is -4.65. The van der Waals surface area contributed by atoms with Crippen LogP contribution in [-0.4, -0.2) is 17.4 Å². The van der Waals surface area contributed by atoms with E-state index in [1.54, 1.807) is 0 Å². The van der Waals surface area contributed by atoms with Gasteiger partial charge in [-0.15, -0.1) is 0 Å². The van der Waals surface area contributed by atoms with Crippen molar-refractivity contribution >= 4 is 18.7 Å². The zero-order valence-electron chi connectivity index (χ0n) is 26.1. The second-order valence-corrected chi connectivity index (χ2v) is 10.6. The molecular formula is C33H22BF15O3. The summed E-state index contributed by atoms with van der Waals surface area (Å²) in [5, 5.41) is 18.9. The van der Waals surface area contributed by atoms with Gasteiger partial charge in [-0.05, 0) is 12.8 Å². The van der Waals surface area contributed by atoms with Gasteiger partial charge in [-0.25, -0.2) is 65.9 Å². The van der Waals surface area contributed by atoms with Crippen LogP contribution in [0.25, 0.3) is 11.3 Å². The molecule has 3 aromatic carbocycles. The molecule has 1 unspecified atom stereocenters. The van der Waals surface area contributed by atoms with Crippen LogP contribution < -0.4 is 0 Å². The molecule has 1 aliphatic carbocycles. The highest BCUT2D eigenvalue weighted by Gasteiger charge is 2.41. The van der Waals surface area contributed by atoms with E-state index in [9.17, 15) is 49.6 Å². The van der Waals surface area contributed by atoms with E-state index < -0.39 is 141 Å². The number of benzene rings is 3. The van der Waals surface area contributed by atoms with Crippen molar-refractivity contribution in [2.45, 2.75) is 44.9 Å². The largest absolute Gasteiger partial charge is 0.707 e. The summed E-state index contributed by atoms with van der Waals surface area (Å²) in [6.07, 6.45) is 11.9. The molecule has 0 spiro atoms. The molecule has 0 saturated heterocycles. The smallest absolute Gasteiger partial charge is 0.511 e. The molecule has 1 aliphatic rings. The van der Waals surface area contributed by atoms with Crippen molar-refractivity contribution in [2.24, 2.45) is 0 Å². The van der Waals surface area contributed by atoms with Gasteiger partial charge in [0.15, 0.2) is 69.8 Å². The Morgan fingerprint density at radius 3 is 1.29 bits per heavy atom. The Labute approximate surface area is 284 Å². The van der Waals surface area contributed by atoms with Crippen molar-refractivity contribution in [3.8, 4) is 0 Å². The maximum absolute atomic E-state index is 15.3. The number of hydrogen-bond acceptors (Lipinski definition) is 3. The Morgan fingerprint density at radius 1 is 0.538 bits per heavy atom. The van der Waals surface area contributed by atoms with Crippen LogP contribution in [0.15, 0.2) is 36.5 Å². The molecule has 0 heterocycles. The summed E-state index contributed by atoms with van der Waals surface area (Å²) >= 11 is 0. The third-order valence-electron chi connectivity index (χ3n) is 7.30. The van der Waals surface area contributed by atoms with Crippen molar-refractivity contribution in [3.05, 3.63) is 140 Å².